The Labute approximate surface area is 90.3 Å². The topological polar surface area (TPSA) is 49.7 Å². The Morgan fingerprint density at radius 1 is 1.27 bits per heavy atom. The molecule has 3 nitrogen and oxygen atoms in total. The predicted octanol–water partition coefficient (Wildman–Crippen LogP) is 1.68. The highest BCUT2D eigenvalue weighted by Crippen LogP contribution is 2.22. The summed E-state index contributed by atoms with van der Waals surface area (Å²) in [4.78, 5) is 0. The molecular formula is C12H18O3. The average molecular weight is 210 g/mol. The largest absolute Gasteiger partial charge is 0.494 e. The van der Waals surface area contributed by atoms with Crippen LogP contribution in [0.2, 0.25) is 0 Å². The molecule has 1 aromatic rings. The van der Waals surface area contributed by atoms with E-state index in [9.17, 15) is 5.11 Å². The first kappa shape index (κ1) is 12.0. The number of hydrogen-bond donors (Lipinski definition) is 2. The lowest BCUT2D eigenvalue weighted by atomic mass is 9.97. The van der Waals surface area contributed by atoms with Crippen LogP contribution in [0.1, 0.15) is 25.8 Å². The van der Waals surface area contributed by atoms with Gasteiger partial charge in [-0.15, -0.1) is 0 Å². The van der Waals surface area contributed by atoms with Crippen molar-refractivity contribution in [3.63, 3.8) is 0 Å². The Morgan fingerprint density at radius 3 is 2.33 bits per heavy atom. The van der Waals surface area contributed by atoms with Gasteiger partial charge < -0.3 is 14.9 Å². The Kier molecular flexibility index (Phi) is 4.12. The zero-order valence-electron chi connectivity index (χ0n) is 9.23. The highest BCUT2D eigenvalue weighted by molar-refractivity contribution is 5.30. The summed E-state index contributed by atoms with van der Waals surface area (Å²) in [5.74, 6) is 0.786. The van der Waals surface area contributed by atoms with Gasteiger partial charge in [0.05, 0.1) is 13.2 Å². The fourth-order valence-corrected chi connectivity index (χ4v) is 1.22. The van der Waals surface area contributed by atoms with E-state index >= 15 is 0 Å². The van der Waals surface area contributed by atoms with Crippen LogP contribution in [0.15, 0.2) is 24.3 Å². The maximum absolute atomic E-state index is 9.77. The van der Waals surface area contributed by atoms with E-state index in [4.69, 9.17) is 9.84 Å². The molecular weight excluding hydrogens is 192 g/mol. The van der Waals surface area contributed by atoms with E-state index < -0.39 is 5.60 Å². The third-order valence-corrected chi connectivity index (χ3v) is 2.26. The minimum absolute atomic E-state index is 0.290. The fraction of sp³-hybridized carbons (Fsp3) is 0.500. The summed E-state index contributed by atoms with van der Waals surface area (Å²) in [6.45, 7) is 4.03. The van der Waals surface area contributed by atoms with Crippen molar-refractivity contribution in [2.45, 2.75) is 25.9 Å². The van der Waals surface area contributed by atoms with Gasteiger partial charge in [-0.05, 0) is 31.0 Å². The lowest BCUT2D eigenvalue weighted by molar-refractivity contribution is -0.00231. The highest BCUT2D eigenvalue weighted by Gasteiger charge is 2.21. The second-order valence-corrected chi connectivity index (χ2v) is 3.80. The van der Waals surface area contributed by atoms with Gasteiger partial charge in [-0.2, -0.15) is 0 Å². The van der Waals surface area contributed by atoms with Gasteiger partial charge in [0.2, 0.25) is 0 Å². The summed E-state index contributed by atoms with van der Waals surface area (Å²) in [6, 6.07) is 7.13. The molecule has 0 bridgehead atoms. The van der Waals surface area contributed by atoms with Crippen molar-refractivity contribution in [3.8, 4) is 5.75 Å². The van der Waals surface area contributed by atoms with Crippen LogP contribution in [0.4, 0.5) is 0 Å². The number of hydrogen-bond acceptors (Lipinski definition) is 3. The van der Waals surface area contributed by atoms with Crippen molar-refractivity contribution in [2.75, 3.05) is 13.2 Å². The number of ether oxygens (including phenoxy) is 1. The van der Waals surface area contributed by atoms with E-state index in [1.54, 1.807) is 31.2 Å². The second-order valence-electron chi connectivity index (χ2n) is 3.80. The van der Waals surface area contributed by atoms with Gasteiger partial charge in [-0.25, -0.2) is 0 Å². The second kappa shape index (κ2) is 5.14. The molecule has 1 atom stereocenters. The molecule has 0 saturated heterocycles. The van der Waals surface area contributed by atoms with Crippen LogP contribution in [-0.2, 0) is 5.60 Å². The van der Waals surface area contributed by atoms with Crippen molar-refractivity contribution in [1.82, 2.24) is 0 Å². The van der Waals surface area contributed by atoms with Crippen molar-refractivity contribution >= 4 is 0 Å². The molecule has 84 valence electrons. The molecule has 0 aliphatic rings. The van der Waals surface area contributed by atoms with Crippen molar-refractivity contribution in [2.24, 2.45) is 0 Å². The molecule has 0 saturated carbocycles. The molecule has 1 aromatic carbocycles. The molecule has 0 spiro atoms. The molecule has 0 radical (unpaired) electrons. The van der Waals surface area contributed by atoms with Crippen LogP contribution in [-0.4, -0.2) is 23.4 Å². The van der Waals surface area contributed by atoms with E-state index in [2.05, 4.69) is 0 Å². The summed E-state index contributed by atoms with van der Waals surface area (Å²) in [5, 5.41) is 18.7. The number of benzene rings is 1. The molecule has 0 heterocycles. The first-order valence-corrected chi connectivity index (χ1v) is 5.16. The standard InChI is InChI=1S/C12H18O3/c1-3-8-15-11-6-4-10(5-7-11)12(2,14)9-13/h4-7,13-14H,3,8-9H2,1-2H3. The van der Waals surface area contributed by atoms with E-state index in [-0.39, 0.29) is 6.61 Å². The van der Waals surface area contributed by atoms with E-state index in [0.29, 0.717) is 12.2 Å². The molecule has 3 heteroatoms. The number of aliphatic hydroxyl groups excluding tert-OH is 1. The Hall–Kier alpha value is -1.06. The predicted molar refractivity (Wildman–Crippen MR) is 58.9 cm³/mol. The van der Waals surface area contributed by atoms with E-state index in [1.807, 2.05) is 6.92 Å². The van der Waals surface area contributed by atoms with Gasteiger partial charge in [-0.3, -0.25) is 0 Å². The lowest BCUT2D eigenvalue weighted by Crippen LogP contribution is -2.25. The number of rotatable bonds is 5. The SMILES string of the molecule is CCCOc1ccc(C(C)(O)CO)cc1. The van der Waals surface area contributed by atoms with Crippen molar-refractivity contribution in [3.05, 3.63) is 29.8 Å². The third kappa shape index (κ3) is 3.22. The lowest BCUT2D eigenvalue weighted by Gasteiger charge is -2.20. The molecule has 1 rings (SSSR count). The Balaban J connectivity index is 2.72. The maximum atomic E-state index is 9.77. The van der Waals surface area contributed by atoms with Gasteiger partial charge in [-0.1, -0.05) is 19.1 Å². The average Bonchev–Trinajstić information content (AvgIpc) is 2.27. The molecule has 0 aliphatic heterocycles. The van der Waals surface area contributed by atoms with E-state index in [0.717, 1.165) is 12.2 Å². The monoisotopic (exact) mass is 210 g/mol. The zero-order valence-corrected chi connectivity index (χ0v) is 9.23. The molecule has 1 unspecified atom stereocenters. The van der Waals surface area contributed by atoms with Crippen LogP contribution in [0, 0.1) is 0 Å². The molecule has 0 aliphatic carbocycles. The van der Waals surface area contributed by atoms with Gasteiger partial charge in [0.1, 0.15) is 11.4 Å². The first-order chi connectivity index (χ1) is 7.10. The molecule has 0 fully saturated rings. The summed E-state index contributed by atoms with van der Waals surface area (Å²) in [6.07, 6.45) is 0.968. The minimum atomic E-state index is -1.18. The maximum Gasteiger partial charge on any atom is 0.119 e. The fourth-order valence-electron chi connectivity index (χ4n) is 1.22. The van der Waals surface area contributed by atoms with Crippen LogP contribution < -0.4 is 4.74 Å². The molecule has 0 amide bonds. The van der Waals surface area contributed by atoms with Crippen LogP contribution in [0.3, 0.4) is 0 Å². The summed E-state index contributed by atoms with van der Waals surface area (Å²) < 4.78 is 5.41. The van der Waals surface area contributed by atoms with Crippen LogP contribution >= 0.6 is 0 Å². The third-order valence-electron chi connectivity index (χ3n) is 2.26. The molecule has 15 heavy (non-hydrogen) atoms. The van der Waals surface area contributed by atoms with Crippen molar-refractivity contribution in [1.29, 1.82) is 0 Å². The zero-order chi connectivity index (χ0) is 11.3. The summed E-state index contributed by atoms with van der Waals surface area (Å²) >= 11 is 0. The van der Waals surface area contributed by atoms with Gasteiger partial charge >= 0.3 is 0 Å². The van der Waals surface area contributed by atoms with Crippen LogP contribution in [0.25, 0.3) is 0 Å². The molecule has 0 aromatic heterocycles. The van der Waals surface area contributed by atoms with Gasteiger partial charge in [0.25, 0.3) is 0 Å². The number of aliphatic hydroxyl groups is 2. The van der Waals surface area contributed by atoms with Gasteiger partial charge in [0, 0.05) is 0 Å². The molecule has 2 N–H and O–H groups in total. The van der Waals surface area contributed by atoms with Gasteiger partial charge in [0.15, 0.2) is 0 Å². The quantitative estimate of drug-likeness (QED) is 0.777. The normalized spacial score (nSPS) is 14.7. The highest BCUT2D eigenvalue weighted by atomic mass is 16.5. The Morgan fingerprint density at radius 2 is 1.87 bits per heavy atom. The minimum Gasteiger partial charge on any atom is -0.494 e. The van der Waals surface area contributed by atoms with Crippen LogP contribution in [0.5, 0.6) is 5.75 Å². The first-order valence-electron chi connectivity index (χ1n) is 5.16. The van der Waals surface area contributed by atoms with Crippen molar-refractivity contribution < 1.29 is 14.9 Å². The smallest absolute Gasteiger partial charge is 0.119 e. The summed E-state index contributed by atoms with van der Waals surface area (Å²) in [7, 11) is 0. The Bertz CT molecular complexity index is 290. The van der Waals surface area contributed by atoms with E-state index in [1.165, 1.54) is 0 Å². The summed E-state index contributed by atoms with van der Waals surface area (Å²) in [5.41, 5.74) is -0.489.